The molecule has 4 N–H and O–H groups in total. The van der Waals surface area contributed by atoms with Gasteiger partial charge in [-0.25, -0.2) is 0 Å². The molecule has 7 nitrogen and oxygen atoms in total. The van der Waals surface area contributed by atoms with Crippen LogP contribution in [0.2, 0.25) is 0 Å². The number of nitrogens with two attached hydrogens (primary N) is 1. The van der Waals surface area contributed by atoms with Gasteiger partial charge in [-0.3, -0.25) is 9.59 Å². The Morgan fingerprint density at radius 1 is 0.957 bits per heavy atom. The van der Waals surface area contributed by atoms with Crippen molar-refractivity contribution in [3.05, 3.63) is 54.1 Å². The van der Waals surface area contributed by atoms with Crippen LogP contribution < -0.4 is 11.1 Å². The summed E-state index contributed by atoms with van der Waals surface area (Å²) in [6, 6.07) is 13.5. The number of nitrogens with one attached hydrogen (secondary N) is 1. The Labute approximate surface area is 132 Å². The molecule has 0 spiro atoms. The second-order valence-electron chi connectivity index (χ2n) is 4.74. The molecule has 0 heterocycles. The van der Waals surface area contributed by atoms with Crippen molar-refractivity contribution in [2.75, 3.05) is 12.3 Å². The lowest BCUT2D eigenvalue weighted by molar-refractivity contribution is -0.136. The van der Waals surface area contributed by atoms with E-state index in [0.717, 1.165) is 0 Å². The van der Waals surface area contributed by atoms with Gasteiger partial charge in [0, 0.05) is 17.8 Å². The molecule has 0 bridgehead atoms. The molecular weight excluding hydrogens is 296 g/mol. The number of amides is 1. The minimum Gasteiger partial charge on any atom is -0.481 e. The summed E-state index contributed by atoms with van der Waals surface area (Å²) in [5.74, 6) is -1.28. The van der Waals surface area contributed by atoms with Gasteiger partial charge in [0.15, 0.2) is 0 Å². The maximum absolute atomic E-state index is 11.8. The minimum atomic E-state index is -0.955. The Balaban J connectivity index is 1.94. The van der Waals surface area contributed by atoms with Crippen molar-refractivity contribution in [1.29, 1.82) is 0 Å². The quantitative estimate of drug-likeness (QED) is 0.561. The van der Waals surface area contributed by atoms with Gasteiger partial charge in [-0.1, -0.05) is 0 Å². The first-order valence-electron chi connectivity index (χ1n) is 6.92. The van der Waals surface area contributed by atoms with Crippen LogP contribution in [-0.2, 0) is 4.79 Å². The third-order valence-corrected chi connectivity index (χ3v) is 2.93. The molecule has 118 valence electrons. The number of azo groups is 1. The largest absolute Gasteiger partial charge is 0.481 e. The van der Waals surface area contributed by atoms with Crippen LogP contribution in [-0.4, -0.2) is 23.5 Å². The lowest BCUT2D eigenvalue weighted by atomic mass is 10.2. The van der Waals surface area contributed by atoms with Crippen molar-refractivity contribution < 1.29 is 14.7 Å². The molecule has 2 aromatic carbocycles. The van der Waals surface area contributed by atoms with Gasteiger partial charge in [0.1, 0.15) is 0 Å². The van der Waals surface area contributed by atoms with E-state index < -0.39 is 5.97 Å². The summed E-state index contributed by atoms with van der Waals surface area (Å²) in [6.07, 6.45) is -0.111. The summed E-state index contributed by atoms with van der Waals surface area (Å²) >= 11 is 0. The van der Waals surface area contributed by atoms with Crippen molar-refractivity contribution in [2.24, 2.45) is 10.2 Å². The first-order valence-corrected chi connectivity index (χ1v) is 6.92. The van der Waals surface area contributed by atoms with Gasteiger partial charge >= 0.3 is 5.97 Å². The molecule has 2 rings (SSSR count). The summed E-state index contributed by atoms with van der Waals surface area (Å²) in [7, 11) is 0. The highest BCUT2D eigenvalue weighted by molar-refractivity contribution is 5.94. The molecule has 0 aliphatic carbocycles. The van der Waals surface area contributed by atoms with Gasteiger partial charge in [0.2, 0.25) is 0 Å². The molecule has 0 saturated heterocycles. The Morgan fingerprint density at radius 2 is 1.48 bits per heavy atom. The van der Waals surface area contributed by atoms with Crippen LogP contribution in [0.5, 0.6) is 0 Å². The number of carbonyl (C=O) groups is 2. The van der Waals surface area contributed by atoms with Crippen LogP contribution in [0, 0.1) is 0 Å². The lowest BCUT2D eigenvalue weighted by Gasteiger charge is -2.03. The zero-order valence-corrected chi connectivity index (χ0v) is 12.3. The van der Waals surface area contributed by atoms with Gasteiger partial charge in [0.05, 0.1) is 17.8 Å². The maximum Gasteiger partial charge on any atom is 0.305 e. The third-order valence-electron chi connectivity index (χ3n) is 2.93. The number of anilines is 1. The van der Waals surface area contributed by atoms with Crippen molar-refractivity contribution in [1.82, 2.24) is 5.32 Å². The number of nitrogen functional groups attached to an aromatic ring is 1. The van der Waals surface area contributed by atoms with E-state index in [1.165, 1.54) is 0 Å². The van der Waals surface area contributed by atoms with E-state index in [1.807, 2.05) is 0 Å². The van der Waals surface area contributed by atoms with Crippen molar-refractivity contribution in [3.8, 4) is 0 Å². The van der Waals surface area contributed by atoms with Gasteiger partial charge < -0.3 is 16.2 Å². The first kappa shape index (κ1) is 16.2. The normalized spacial score (nSPS) is 10.6. The fourth-order valence-corrected chi connectivity index (χ4v) is 1.72. The fourth-order valence-electron chi connectivity index (χ4n) is 1.72. The molecule has 2 aromatic rings. The number of carboxylic acid groups (broad SMARTS) is 1. The predicted octanol–water partition coefficient (Wildman–Crippen LogP) is 2.89. The predicted molar refractivity (Wildman–Crippen MR) is 86.1 cm³/mol. The molecule has 0 aliphatic heterocycles. The summed E-state index contributed by atoms with van der Waals surface area (Å²) < 4.78 is 0. The van der Waals surface area contributed by atoms with Gasteiger partial charge in [0.25, 0.3) is 5.91 Å². The minimum absolute atomic E-state index is 0.0900. The maximum atomic E-state index is 11.8. The molecule has 0 fully saturated rings. The van der Waals surface area contributed by atoms with Crippen LogP contribution in [0.1, 0.15) is 16.8 Å². The topological polar surface area (TPSA) is 117 Å². The lowest BCUT2D eigenvalue weighted by Crippen LogP contribution is -2.25. The van der Waals surface area contributed by atoms with Gasteiger partial charge in [-0.05, 0) is 48.5 Å². The number of nitrogens with zero attached hydrogens (tertiary/aromatic N) is 2. The molecule has 1 amide bonds. The third kappa shape index (κ3) is 5.24. The number of rotatable bonds is 6. The monoisotopic (exact) mass is 312 g/mol. The molecule has 23 heavy (non-hydrogen) atoms. The molecule has 0 saturated carbocycles. The smallest absolute Gasteiger partial charge is 0.305 e. The van der Waals surface area contributed by atoms with E-state index in [2.05, 4.69) is 15.5 Å². The van der Waals surface area contributed by atoms with E-state index in [9.17, 15) is 9.59 Å². The standard InChI is InChI=1S/C16H16N4O3/c17-12-3-7-14(8-4-12)20-19-13-5-1-11(2-6-13)16(23)18-10-9-15(21)22/h1-8H,9-10,17H2,(H,18,23)(H,21,22). The van der Waals surface area contributed by atoms with Crippen LogP contribution >= 0.6 is 0 Å². The van der Waals surface area contributed by atoms with Crippen LogP contribution in [0.15, 0.2) is 58.8 Å². The zero-order valence-electron chi connectivity index (χ0n) is 12.3. The zero-order chi connectivity index (χ0) is 16.7. The van der Waals surface area contributed by atoms with Gasteiger partial charge in [-0.15, -0.1) is 0 Å². The second-order valence-corrected chi connectivity index (χ2v) is 4.74. The highest BCUT2D eigenvalue weighted by atomic mass is 16.4. The number of carbonyl (C=O) groups excluding carboxylic acids is 1. The van der Waals surface area contributed by atoms with Crippen LogP contribution in [0.25, 0.3) is 0 Å². The van der Waals surface area contributed by atoms with E-state index in [0.29, 0.717) is 22.6 Å². The number of hydrogen-bond acceptors (Lipinski definition) is 5. The average molecular weight is 312 g/mol. The van der Waals surface area contributed by atoms with Crippen molar-refractivity contribution >= 4 is 28.9 Å². The van der Waals surface area contributed by atoms with E-state index >= 15 is 0 Å². The highest BCUT2D eigenvalue weighted by Crippen LogP contribution is 2.19. The Morgan fingerprint density at radius 3 is 2.00 bits per heavy atom. The number of hydrogen-bond donors (Lipinski definition) is 3. The molecule has 0 radical (unpaired) electrons. The first-order chi connectivity index (χ1) is 11.0. The fraction of sp³-hybridized carbons (Fsp3) is 0.125. The van der Waals surface area contributed by atoms with Crippen LogP contribution in [0.4, 0.5) is 17.1 Å². The Bertz CT molecular complexity index is 709. The number of aliphatic carboxylic acids is 1. The SMILES string of the molecule is Nc1ccc(N=Nc2ccc(C(=O)NCCC(=O)O)cc2)cc1. The molecule has 0 atom stereocenters. The molecular formula is C16H16N4O3. The summed E-state index contributed by atoms with van der Waals surface area (Å²) in [4.78, 5) is 22.2. The average Bonchev–Trinajstić information content (AvgIpc) is 2.54. The summed E-state index contributed by atoms with van der Waals surface area (Å²) in [6.45, 7) is 0.0900. The van der Waals surface area contributed by atoms with Crippen LogP contribution in [0.3, 0.4) is 0 Å². The molecule has 0 aliphatic rings. The van der Waals surface area contributed by atoms with Gasteiger partial charge in [-0.2, -0.15) is 10.2 Å². The Hall–Kier alpha value is -3.22. The van der Waals surface area contributed by atoms with E-state index in [4.69, 9.17) is 10.8 Å². The van der Waals surface area contributed by atoms with Crippen molar-refractivity contribution in [2.45, 2.75) is 6.42 Å². The summed E-state index contributed by atoms with van der Waals surface area (Å²) in [5.41, 5.74) is 7.95. The van der Waals surface area contributed by atoms with E-state index in [1.54, 1.807) is 48.5 Å². The summed E-state index contributed by atoms with van der Waals surface area (Å²) in [5, 5.41) is 19.2. The molecule has 7 heteroatoms. The van der Waals surface area contributed by atoms with E-state index in [-0.39, 0.29) is 18.9 Å². The second kappa shape index (κ2) is 7.69. The molecule has 0 aromatic heterocycles. The Kier molecular flexibility index (Phi) is 5.40. The molecule has 0 unspecified atom stereocenters. The van der Waals surface area contributed by atoms with Crippen molar-refractivity contribution in [3.63, 3.8) is 0 Å². The number of carboxylic acids is 1. The number of benzene rings is 2. The highest BCUT2D eigenvalue weighted by Gasteiger charge is 2.05.